The van der Waals surface area contributed by atoms with Gasteiger partial charge in [0.15, 0.2) is 0 Å². The molecule has 0 bridgehead atoms. The number of unbranched alkanes of at least 4 members (excludes halogenated alkanes) is 4. The summed E-state index contributed by atoms with van der Waals surface area (Å²) < 4.78 is 0. The number of carboxylic acids is 1. The summed E-state index contributed by atoms with van der Waals surface area (Å²) in [7, 11) is 0. The molecule has 126 valence electrons. The SMILES string of the molecule is CCCCCCCC(CC(C)CCC)CC(C)(C)C(=O)O. The second kappa shape index (κ2) is 11.1. The van der Waals surface area contributed by atoms with Gasteiger partial charge in [-0.15, -0.1) is 0 Å². The van der Waals surface area contributed by atoms with Crippen LogP contribution >= 0.6 is 0 Å². The van der Waals surface area contributed by atoms with Crippen LogP contribution in [0.15, 0.2) is 0 Å². The maximum atomic E-state index is 11.4. The molecule has 0 aromatic rings. The molecule has 0 radical (unpaired) electrons. The lowest BCUT2D eigenvalue weighted by Crippen LogP contribution is -2.27. The van der Waals surface area contributed by atoms with Crippen molar-refractivity contribution in [3.05, 3.63) is 0 Å². The molecule has 2 unspecified atom stereocenters. The first-order chi connectivity index (χ1) is 9.83. The molecule has 2 heteroatoms. The number of hydrogen-bond donors (Lipinski definition) is 1. The van der Waals surface area contributed by atoms with Gasteiger partial charge in [-0.05, 0) is 38.5 Å². The normalized spacial score (nSPS) is 14.9. The summed E-state index contributed by atoms with van der Waals surface area (Å²) in [4.78, 5) is 11.4. The van der Waals surface area contributed by atoms with Gasteiger partial charge in [0, 0.05) is 0 Å². The summed E-state index contributed by atoms with van der Waals surface area (Å²) in [5.41, 5.74) is -0.583. The molecule has 0 spiro atoms. The minimum absolute atomic E-state index is 0.569. The standard InChI is InChI=1S/C19H38O2/c1-6-8-9-10-11-13-17(14-16(3)12-7-2)15-19(4,5)18(20)21/h16-17H,6-15H2,1-5H3,(H,20,21). The summed E-state index contributed by atoms with van der Waals surface area (Å²) in [6.07, 6.45) is 12.2. The maximum Gasteiger partial charge on any atom is 0.309 e. The Morgan fingerprint density at radius 3 is 2.14 bits per heavy atom. The van der Waals surface area contributed by atoms with Gasteiger partial charge in [-0.1, -0.05) is 72.1 Å². The van der Waals surface area contributed by atoms with Crippen LogP contribution in [-0.4, -0.2) is 11.1 Å². The van der Waals surface area contributed by atoms with Crippen LogP contribution in [0.1, 0.15) is 98.8 Å². The fourth-order valence-corrected chi connectivity index (χ4v) is 3.33. The van der Waals surface area contributed by atoms with Crippen LogP contribution in [0.4, 0.5) is 0 Å². The molecular formula is C19H38O2. The molecule has 0 aromatic carbocycles. The van der Waals surface area contributed by atoms with Crippen LogP contribution in [0.5, 0.6) is 0 Å². The predicted octanol–water partition coefficient (Wildman–Crippen LogP) is 6.29. The Morgan fingerprint density at radius 1 is 1.00 bits per heavy atom. The van der Waals surface area contributed by atoms with Gasteiger partial charge >= 0.3 is 5.97 Å². The van der Waals surface area contributed by atoms with E-state index in [2.05, 4.69) is 20.8 Å². The largest absolute Gasteiger partial charge is 0.481 e. The first-order valence-corrected chi connectivity index (χ1v) is 9.06. The van der Waals surface area contributed by atoms with Gasteiger partial charge in [0.1, 0.15) is 0 Å². The van der Waals surface area contributed by atoms with Crippen LogP contribution < -0.4 is 0 Å². The van der Waals surface area contributed by atoms with Gasteiger partial charge in [0.2, 0.25) is 0 Å². The molecule has 0 amide bonds. The topological polar surface area (TPSA) is 37.3 Å². The number of carboxylic acid groups (broad SMARTS) is 1. The summed E-state index contributed by atoms with van der Waals surface area (Å²) in [5, 5.41) is 9.37. The number of hydrogen-bond acceptors (Lipinski definition) is 1. The van der Waals surface area contributed by atoms with Crippen molar-refractivity contribution >= 4 is 5.97 Å². The van der Waals surface area contributed by atoms with E-state index in [1.54, 1.807) is 0 Å². The second-order valence-corrected chi connectivity index (χ2v) is 7.59. The van der Waals surface area contributed by atoms with Gasteiger partial charge in [-0.2, -0.15) is 0 Å². The lowest BCUT2D eigenvalue weighted by atomic mass is 9.77. The van der Waals surface area contributed by atoms with Gasteiger partial charge < -0.3 is 5.11 Å². The van der Waals surface area contributed by atoms with Crippen molar-refractivity contribution in [2.75, 3.05) is 0 Å². The smallest absolute Gasteiger partial charge is 0.309 e. The molecule has 2 atom stereocenters. The zero-order chi connectivity index (χ0) is 16.3. The second-order valence-electron chi connectivity index (χ2n) is 7.59. The highest BCUT2D eigenvalue weighted by atomic mass is 16.4. The van der Waals surface area contributed by atoms with Crippen LogP contribution in [0.25, 0.3) is 0 Å². The minimum Gasteiger partial charge on any atom is -0.481 e. The third kappa shape index (κ3) is 9.92. The molecule has 0 saturated heterocycles. The van der Waals surface area contributed by atoms with Crippen molar-refractivity contribution in [1.82, 2.24) is 0 Å². The molecule has 0 aliphatic carbocycles. The van der Waals surface area contributed by atoms with E-state index < -0.39 is 11.4 Å². The average molecular weight is 299 g/mol. The molecule has 2 nitrogen and oxygen atoms in total. The molecule has 0 heterocycles. The highest BCUT2D eigenvalue weighted by Crippen LogP contribution is 2.33. The fraction of sp³-hybridized carbons (Fsp3) is 0.947. The van der Waals surface area contributed by atoms with Crippen LogP contribution in [0.2, 0.25) is 0 Å². The van der Waals surface area contributed by atoms with Crippen molar-refractivity contribution in [1.29, 1.82) is 0 Å². The third-order valence-electron chi connectivity index (χ3n) is 4.61. The van der Waals surface area contributed by atoms with E-state index in [9.17, 15) is 9.90 Å². The molecule has 21 heavy (non-hydrogen) atoms. The number of carbonyl (C=O) groups is 1. The first kappa shape index (κ1) is 20.5. The Hall–Kier alpha value is -0.530. The Kier molecular flexibility index (Phi) is 10.8. The van der Waals surface area contributed by atoms with Gasteiger partial charge in [-0.3, -0.25) is 4.79 Å². The van der Waals surface area contributed by atoms with Crippen LogP contribution in [0.3, 0.4) is 0 Å². The Balaban J connectivity index is 4.36. The third-order valence-corrected chi connectivity index (χ3v) is 4.61. The van der Waals surface area contributed by atoms with Crippen molar-refractivity contribution in [3.8, 4) is 0 Å². The van der Waals surface area contributed by atoms with Crippen molar-refractivity contribution in [2.45, 2.75) is 98.8 Å². The Morgan fingerprint density at radius 2 is 1.62 bits per heavy atom. The molecule has 0 aliphatic rings. The highest BCUT2D eigenvalue weighted by Gasteiger charge is 2.30. The van der Waals surface area contributed by atoms with Crippen molar-refractivity contribution in [2.24, 2.45) is 17.3 Å². The average Bonchev–Trinajstić information content (AvgIpc) is 2.37. The van der Waals surface area contributed by atoms with E-state index in [0.717, 1.165) is 12.3 Å². The van der Waals surface area contributed by atoms with Gasteiger partial charge in [-0.25, -0.2) is 0 Å². The Bertz CT molecular complexity index is 271. The van der Waals surface area contributed by atoms with E-state index in [-0.39, 0.29) is 0 Å². The van der Waals surface area contributed by atoms with Crippen LogP contribution in [0, 0.1) is 17.3 Å². The monoisotopic (exact) mass is 298 g/mol. The molecule has 0 aliphatic heterocycles. The first-order valence-electron chi connectivity index (χ1n) is 9.06. The lowest BCUT2D eigenvalue weighted by molar-refractivity contribution is -0.148. The number of rotatable bonds is 13. The minimum atomic E-state index is -0.651. The van der Waals surface area contributed by atoms with E-state index in [1.807, 2.05) is 13.8 Å². The zero-order valence-corrected chi connectivity index (χ0v) is 15.1. The van der Waals surface area contributed by atoms with Crippen molar-refractivity contribution < 1.29 is 9.90 Å². The summed E-state index contributed by atoms with van der Waals surface area (Å²) in [6, 6.07) is 0. The molecular weight excluding hydrogens is 260 g/mol. The highest BCUT2D eigenvalue weighted by molar-refractivity contribution is 5.73. The van der Waals surface area contributed by atoms with E-state index in [4.69, 9.17) is 0 Å². The molecule has 0 rings (SSSR count). The Labute approximate surface area is 132 Å². The van der Waals surface area contributed by atoms with Gasteiger partial charge in [0.05, 0.1) is 5.41 Å². The quantitative estimate of drug-likeness (QED) is 0.406. The van der Waals surface area contributed by atoms with Crippen molar-refractivity contribution in [3.63, 3.8) is 0 Å². The summed E-state index contributed by atoms with van der Waals surface area (Å²) in [6.45, 7) is 10.6. The summed E-state index contributed by atoms with van der Waals surface area (Å²) in [5.74, 6) is 0.640. The molecule has 0 fully saturated rings. The molecule has 0 aromatic heterocycles. The van der Waals surface area contributed by atoms with E-state index in [0.29, 0.717) is 5.92 Å². The lowest BCUT2D eigenvalue weighted by Gasteiger charge is -2.28. The predicted molar refractivity (Wildman–Crippen MR) is 91.6 cm³/mol. The van der Waals surface area contributed by atoms with E-state index in [1.165, 1.54) is 57.8 Å². The van der Waals surface area contributed by atoms with E-state index >= 15 is 0 Å². The molecule has 0 saturated carbocycles. The zero-order valence-electron chi connectivity index (χ0n) is 15.1. The van der Waals surface area contributed by atoms with Gasteiger partial charge in [0.25, 0.3) is 0 Å². The molecule has 1 N–H and O–H groups in total. The fourth-order valence-electron chi connectivity index (χ4n) is 3.33. The van der Waals surface area contributed by atoms with Crippen LogP contribution in [-0.2, 0) is 4.79 Å². The maximum absolute atomic E-state index is 11.4. The summed E-state index contributed by atoms with van der Waals surface area (Å²) >= 11 is 0. The number of aliphatic carboxylic acids is 1.